The van der Waals surface area contributed by atoms with Gasteiger partial charge in [-0.1, -0.05) is 51.9 Å². The van der Waals surface area contributed by atoms with E-state index < -0.39 is 0 Å². The predicted molar refractivity (Wildman–Crippen MR) is 63.6 cm³/mol. The molecular weight excluding hydrogens is 170 g/mol. The van der Waals surface area contributed by atoms with Gasteiger partial charge in [0.1, 0.15) is 0 Å². The Hall–Kier alpha value is -0.0400. The Labute approximate surface area is 89.7 Å². The summed E-state index contributed by atoms with van der Waals surface area (Å²) in [4.78, 5) is 0. The molecule has 1 saturated carbocycles. The Bertz CT molecular complexity index is 116. The number of hydrogen-bond acceptors (Lipinski definition) is 1. The lowest BCUT2D eigenvalue weighted by Gasteiger charge is -2.21. The monoisotopic (exact) mass is 197 g/mol. The van der Waals surface area contributed by atoms with Crippen LogP contribution >= 0.6 is 0 Å². The lowest BCUT2D eigenvalue weighted by Crippen LogP contribution is -2.20. The van der Waals surface area contributed by atoms with E-state index in [9.17, 15) is 0 Å². The molecule has 0 unspecified atom stereocenters. The van der Waals surface area contributed by atoms with E-state index in [1.54, 1.807) is 0 Å². The minimum Gasteiger partial charge on any atom is -0.317 e. The van der Waals surface area contributed by atoms with Crippen LogP contribution in [-0.2, 0) is 0 Å². The highest BCUT2D eigenvalue weighted by molar-refractivity contribution is 4.66. The van der Waals surface area contributed by atoms with Gasteiger partial charge in [-0.2, -0.15) is 0 Å². The van der Waals surface area contributed by atoms with Crippen molar-refractivity contribution in [3.8, 4) is 0 Å². The van der Waals surface area contributed by atoms with Crippen molar-refractivity contribution in [1.82, 2.24) is 5.32 Å². The Morgan fingerprint density at radius 2 is 1.79 bits per heavy atom. The van der Waals surface area contributed by atoms with Crippen LogP contribution in [0.25, 0.3) is 0 Å². The van der Waals surface area contributed by atoms with Crippen molar-refractivity contribution in [1.29, 1.82) is 0 Å². The minimum absolute atomic E-state index is 1.04. The van der Waals surface area contributed by atoms with E-state index in [1.807, 2.05) is 0 Å². The van der Waals surface area contributed by atoms with Gasteiger partial charge in [-0.05, 0) is 31.8 Å². The number of rotatable bonds is 7. The molecule has 1 fully saturated rings. The molecule has 0 aliphatic heterocycles. The highest BCUT2D eigenvalue weighted by Crippen LogP contribution is 2.25. The molecule has 0 amide bonds. The lowest BCUT2D eigenvalue weighted by molar-refractivity contribution is 0.333. The molecular formula is C13H27N. The van der Waals surface area contributed by atoms with Gasteiger partial charge in [-0.25, -0.2) is 0 Å². The summed E-state index contributed by atoms with van der Waals surface area (Å²) in [6.45, 7) is 4.76. The van der Waals surface area contributed by atoms with Crippen LogP contribution in [0.1, 0.15) is 64.7 Å². The zero-order valence-corrected chi connectivity index (χ0v) is 9.86. The summed E-state index contributed by atoms with van der Waals surface area (Å²) in [7, 11) is 0. The third-order valence-corrected chi connectivity index (χ3v) is 3.41. The fraction of sp³-hybridized carbons (Fsp3) is 1.00. The second-order valence-electron chi connectivity index (χ2n) is 4.75. The van der Waals surface area contributed by atoms with Gasteiger partial charge in [0.2, 0.25) is 0 Å². The fourth-order valence-electron chi connectivity index (χ4n) is 2.41. The highest BCUT2D eigenvalue weighted by atomic mass is 14.8. The molecule has 0 spiro atoms. The lowest BCUT2D eigenvalue weighted by atomic mass is 9.87. The van der Waals surface area contributed by atoms with Crippen molar-refractivity contribution >= 4 is 0 Å². The standard InChI is InChI=1S/C13H27N/c1-2-3-7-11-14-12-10-13-8-5-4-6-9-13/h13-14H,2-12H2,1H3. The summed E-state index contributed by atoms with van der Waals surface area (Å²) >= 11 is 0. The van der Waals surface area contributed by atoms with Gasteiger partial charge in [-0.3, -0.25) is 0 Å². The van der Waals surface area contributed by atoms with E-state index in [-0.39, 0.29) is 0 Å². The third kappa shape index (κ3) is 5.64. The molecule has 0 heterocycles. The molecule has 0 bridgehead atoms. The number of hydrogen-bond donors (Lipinski definition) is 1. The largest absolute Gasteiger partial charge is 0.317 e. The Morgan fingerprint density at radius 3 is 2.50 bits per heavy atom. The summed E-state index contributed by atoms with van der Waals surface area (Å²) in [5.41, 5.74) is 0. The van der Waals surface area contributed by atoms with Gasteiger partial charge in [0.05, 0.1) is 0 Å². The molecule has 1 rings (SSSR count). The van der Waals surface area contributed by atoms with Crippen molar-refractivity contribution < 1.29 is 0 Å². The second-order valence-corrected chi connectivity index (χ2v) is 4.75. The summed E-state index contributed by atoms with van der Waals surface area (Å²) in [5, 5.41) is 3.57. The maximum absolute atomic E-state index is 3.57. The van der Waals surface area contributed by atoms with Crippen molar-refractivity contribution in [3.63, 3.8) is 0 Å². The SMILES string of the molecule is CCCCCNCCC1CCCCC1. The Morgan fingerprint density at radius 1 is 1.00 bits per heavy atom. The summed E-state index contributed by atoms with van der Waals surface area (Å²) in [6.07, 6.45) is 13.0. The first kappa shape index (κ1) is 12.0. The molecule has 0 saturated heterocycles. The predicted octanol–water partition coefficient (Wildman–Crippen LogP) is 3.74. The normalized spacial score (nSPS) is 18.6. The summed E-state index contributed by atoms with van der Waals surface area (Å²) < 4.78 is 0. The topological polar surface area (TPSA) is 12.0 Å². The van der Waals surface area contributed by atoms with Crippen LogP contribution in [0.3, 0.4) is 0 Å². The Kier molecular flexibility index (Phi) is 7.12. The number of unbranched alkanes of at least 4 members (excludes halogenated alkanes) is 2. The maximum atomic E-state index is 3.57. The molecule has 0 radical (unpaired) electrons. The van der Waals surface area contributed by atoms with Crippen LogP contribution in [0, 0.1) is 5.92 Å². The van der Waals surface area contributed by atoms with Crippen LogP contribution < -0.4 is 5.32 Å². The van der Waals surface area contributed by atoms with E-state index in [0.717, 1.165) is 5.92 Å². The molecule has 1 heteroatoms. The summed E-state index contributed by atoms with van der Waals surface area (Å²) in [6, 6.07) is 0. The van der Waals surface area contributed by atoms with Gasteiger partial charge in [-0.15, -0.1) is 0 Å². The van der Waals surface area contributed by atoms with Crippen LogP contribution in [0.15, 0.2) is 0 Å². The molecule has 0 aromatic rings. The molecule has 1 aliphatic rings. The van der Waals surface area contributed by atoms with Crippen LogP contribution in [0.2, 0.25) is 0 Å². The Balaban J connectivity index is 1.82. The van der Waals surface area contributed by atoms with Gasteiger partial charge in [0.15, 0.2) is 0 Å². The molecule has 0 atom stereocenters. The van der Waals surface area contributed by atoms with Gasteiger partial charge in [0, 0.05) is 0 Å². The van der Waals surface area contributed by atoms with Crippen molar-refractivity contribution in [2.24, 2.45) is 5.92 Å². The van der Waals surface area contributed by atoms with Gasteiger partial charge in [0.25, 0.3) is 0 Å². The molecule has 0 aromatic carbocycles. The van der Waals surface area contributed by atoms with Crippen molar-refractivity contribution in [2.75, 3.05) is 13.1 Å². The molecule has 1 N–H and O–H groups in total. The average molecular weight is 197 g/mol. The van der Waals surface area contributed by atoms with Gasteiger partial charge >= 0.3 is 0 Å². The maximum Gasteiger partial charge on any atom is -0.00463 e. The van der Waals surface area contributed by atoms with E-state index in [1.165, 1.54) is 70.9 Å². The van der Waals surface area contributed by atoms with E-state index in [0.29, 0.717) is 0 Å². The highest BCUT2D eigenvalue weighted by Gasteiger charge is 2.12. The zero-order chi connectivity index (χ0) is 10.1. The molecule has 1 aliphatic carbocycles. The molecule has 14 heavy (non-hydrogen) atoms. The van der Waals surface area contributed by atoms with Crippen LogP contribution in [0.4, 0.5) is 0 Å². The molecule has 1 nitrogen and oxygen atoms in total. The zero-order valence-electron chi connectivity index (χ0n) is 9.86. The third-order valence-electron chi connectivity index (χ3n) is 3.41. The van der Waals surface area contributed by atoms with E-state index >= 15 is 0 Å². The van der Waals surface area contributed by atoms with E-state index in [4.69, 9.17) is 0 Å². The first-order valence-electron chi connectivity index (χ1n) is 6.64. The molecule has 84 valence electrons. The van der Waals surface area contributed by atoms with E-state index in [2.05, 4.69) is 12.2 Å². The smallest absolute Gasteiger partial charge is 0.00463 e. The number of nitrogens with one attached hydrogen (secondary N) is 1. The van der Waals surface area contributed by atoms with Crippen molar-refractivity contribution in [3.05, 3.63) is 0 Å². The second kappa shape index (κ2) is 8.28. The van der Waals surface area contributed by atoms with Crippen LogP contribution in [-0.4, -0.2) is 13.1 Å². The average Bonchev–Trinajstić information content (AvgIpc) is 2.25. The first-order valence-corrected chi connectivity index (χ1v) is 6.64. The molecule has 0 aromatic heterocycles. The quantitative estimate of drug-likeness (QED) is 0.613. The van der Waals surface area contributed by atoms with Crippen molar-refractivity contribution in [2.45, 2.75) is 64.7 Å². The van der Waals surface area contributed by atoms with Gasteiger partial charge < -0.3 is 5.32 Å². The minimum atomic E-state index is 1.04. The first-order chi connectivity index (χ1) is 6.93. The van der Waals surface area contributed by atoms with Crippen LogP contribution in [0.5, 0.6) is 0 Å². The summed E-state index contributed by atoms with van der Waals surface area (Å²) in [5.74, 6) is 1.04. The fourth-order valence-corrected chi connectivity index (χ4v) is 2.41.